The summed E-state index contributed by atoms with van der Waals surface area (Å²) in [7, 11) is 0. The molecule has 0 aromatic heterocycles. The number of nitrogens with zero attached hydrogens (tertiary/aromatic N) is 2. The van der Waals surface area contributed by atoms with E-state index in [2.05, 4.69) is 4.90 Å². The van der Waals surface area contributed by atoms with Crippen LogP contribution < -0.4 is 0 Å². The Morgan fingerprint density at radius 3 is 2.50 bits per heavy atom. The minimum atomic E-state index is 0.248. The average Bonchev–Trinajstić information content (AvgIpc) is 2.18. The highest BCUT2D eigenvalue weighted by molar-refractivity contribution is 5.98. The SMILES string of the molecule is N#CC(=N)C1CN2CCC1CC2. The zero-order chi connectivity index (χ0) is 8.55. The number of rotatable bonds is 1. The van der Waals surface area contributed by atoms with Crippen LogP contribution in [-0.4, -0.2) is 30.2 Å². The molecule has 3 heteroatoms. The molecule has 1 N–H and O–H groups in total. The lowest BCUT2D eigenvalue weighted by Gasteiger charge is -2.43. The molecular formula is C9H13N3. The van der Waals surface area contributed by atoms with Crippen molar-refractivity contribution in [1.82, 2.24) is 4.90 Å². The van der Waals surface area contributed by atoms with Gasteiger partial charge in [-0.2, -0.15) is 5.26 Å². The smallest absolute Gasteiger partial charge is 0.114 e. The molecule has 12 heavy (non-hydrogen) atoms. The summed E-state index contributed by atoms with van der Waals surface area (Å²) < 4.78 is 0. The van der Waals surface area contributed by atoms with Gasteiger partial charge in [-0.15, -0.1) is 0 Å². The predicted molar refractivity (Wildman–Crippen MR) is 46.0 cm³/mol. The lowest BCUT2D eigenvalue weighted by molar-refractivity contribution is 0.0823. The van der Waals surface area contributed by atoms with Crippen molar-refractivity contribution in [2.45, 2.75) is 12.8 Å². The summed E-state index contributed by atoms with van der Waals surface area (Å²) in [5.41, 5.74) is 0.296. The molecule has 3 rings (SSSR count). The zero-order valence-electron chi connectivity index (χ0n) is 7.08. The summed E-state index contributed by atoms with van der Waals surface area (Å²) in [6.45, 7) is 3.32. The Hall–Kier alpha value is -0.880. The van der Waals surface area contributed by atoms with Crippen LogP contribution in [0.2, 0.25) is 0 Å². The van der Waals surface area contributed by atoms with E-state index in [1.54, 1.807) is 0 Å². The van der Waals surface area contributed by atoms with Gasteiger partial charge < -0.3 is 4.90 Å². The first-order chi connectivity index (χ1) is 5.81. The van der Waals surface area contributed by atoms with E-state index in [1.165, 1.54) is 25.9 Å². The van der Waals surface area contributed by atoms with Crippen LogP contribution in [0.1, 0.15) is 12.8 Å². The third-order valence-corrected chi connectivity index (χ3v) is 3.15. The molecule has 0 aromatic carbocycles. The van der Waals surface area contributed by atoms with Gasteiger partial charge in [0.15, 0.2) is 0 Å². The molecule has 3 aliphatic rings. The second-order valence-corrected chi connectivity index (χ2v) is 3.77. The third kappa shape index (κ3) is 1.12. The van der Waals surface area contributed by atoms with Crippen molar-refractivity contribution in [2.24, 2.45) is 11.8 Å². The van der Waals surface area contributed by atoms with Crippen LogP contribution in [0.25, 0.3) is 0 Å². The summed E-state index contributed by atoms with van der Waals surface area (Å²) in [5.74, 6) is 0.875. The molecule has 1 atom stereocenters. The summed E-state index contributed by atoms with van der Waals surface area (Å²) in [5, 5.41) is 16.1. The topological polar surface area (TPSA) is 50.9 Å². The van der Waals surface area contributed by atoms with Crippen molar-refractivity contribution in [3.8, 4) is 6.07 Å². The van der Waals surface area contributed by atoms with Gasteiger partial charge in [0, 0.05) is 12.5 Å². The van der Waals surface area contributed by atoms with Crippen LogP contribution in [0.5, 0.6) is 0 Å². The second kappa shape index (κ2) is 2.87. The Morgan fingerprint density at radius 2 is 2.08 bits per heavy atom. The number of piperidine rings is 3. The van der Waals surface area contributed by atoms with E-state index < -0.39 is 0 Å². The first kappa shape index (κ1) is 7.75. The van der Waals surface area contributed by atoms with Crippen LogP contribution in [0, 0.1) is 28.6 Å². The molecule has 0 radical (unpaired) electrons. The van der Waals surface area contributed by atoms with Crippen molar-refractivity contribution in [3.63, 3.8) is 0 Å². The summed E-state index contributed by atoms with van der Waals surface area (Å²) in [6.07, 6.45) is 2.38. The van der Waals surface area contributed by atoms with E-state index in [9.17, 15) is 0 Å². The van der Waals surface area contributed by atoms with E-state index in [4.69, 9.17) is 10.7 Å². The maximum atomic E-state index is 8.62. The second-order valence-electron chi connectivity index (χ2n) is 3.77. The summed E-state index contributed by atoms with van der Waals surface area (Å²) >= 11 is 0. The van der Waals surface area contributed by atoms with E-state index in [0.29, 0.717) is 11.6 Å². The van der Waals surface area contributed by atoms with Gasteiger partial charge in [-0.05, 0) is 31.8 Å². The van der Waals surface area contributed by atoms with E-state index in [-0.39, 0.29) is 5.92 Å². The largest absolute Gasteiger partial charge is 0.303 e. The van der Waals surface area contributed by atoms with E-state index in [1.807, 2.05) is 6.07 Å². The van der Waals surface area contributed by atoms with Crippen LogP contribution in [-0.2, 0) is 0 Å². The van der Waals surface area contributed by atoms with Gasteiger partial charge in [0.05, 0.1) is 0 Å². The summed E-state index contributed by atoms with van der Waals surface area (Å²) in [4.78, 5) is 2.37. The molecule has 3 saturated heterocycles. The molecule has 2 bridgehead atoms. The molecular weight excluding hydrogens is 150 g/mol. The van der Waals surface area contributed by atoms with Gasteiger partial charge in [0.2, 0.25) is 0 Å². The van der Waals surface area contributed by atoms with Gasteiger partial charge in [-0.25, -0.2) is 0 Å². The number of fused-ring (bicyclic) bond motifs is 3. The standard InChI is InChI=1S/C9H13N3/c10-5-9(11)8-6-12-3-1-7(8)2-4-12/h7-8,11H,1-4,6H2. The highest BCUT2D eigenvalue weighted by Crippen LogP contribution is 2.32. The molecule has 0 spiro atoms. The van der Waals surface area contributed by atoms with Crippen molar-refractivity contribution >= 4 is 5.71 Å². The number of hydrogen-bond acceptors (Lipinski definition) is 3. The average molecular weight is 163 g/mol. The molecule has 0 saturated carbocycles. The minimum absolute atomic E-state index is 0.248. The third-order valence-electron chi connectivity index (χ3n) is 3.15. The Kier molecular flexibility index (Phi) is 1.86. The molecule has 1 unspecified atom stereocenters. The number of hydrogen-bond donors (Lipinski definition) is 1. The number of nitriles is 1. The van der Waals surface area contributed by atoms with Crippen LogP contribution >= 0.6 is 0 Å². The minimum Gasteiger partial charge on any atom is -0.303 e. The molecule has 0 aromatic rings. The maximum absolute atomic E-state index is 8.62. The molecule has 3 fully saturated rings. The fourth-order valence-corrected chi connectivity index (χ4v) is 2.38. The van der Waals surface area contributed by atoms with E-state index in [0.717, 1.165) is 6.54 Å². The van der Waals surface area contributed by atoms with Crippen molar-refractivity contribution in [3.05, 3.63) is 0 Å². The van der Waals surface area contributed by atoms with Gasteiger partial charge >= 0.3 is 0 Å². The monoisotopic (exact) mass is 163 g/mol. The fraction of sp³-hybridized carbons (Fsp3) is 0.778. The Bertz CT molecular complexity index is 233. The van der Waals surface area contributed by atoms with Crippen LogP contribution in [0.3, 0.4) is 0 Å². The van der Waals surface area contributed by atoms with E-state index >= 15 is 0 Å². The molecule has 64 valence electrons. The van der Waals surface area contributed by atoms with Crippen LogP contribution in [0.15, 0.2) is 0 Å². The van der Waals surface area contributed by atoms with Crippen LogP contribution in [0.4, 0.5) is 0 Å². The van der Waals surface area contributed by atoms with Gasteiger partial charge in [-0.3, -0.25) is 5.41 Å². The number of nitrogens with one attached hydrogen (secondary N) is 1. The molecule has 3 heterocycles. The maximum Gasteiger partial charge on any atom is 0.114 e. The quantitative estimate of drug-likeness (QED) is 0.583. The van der Waals surface area contributed by atoms with Crippen molar-refractivity contribution in [1.29, 1.82) is 10.7 Å². The Balaban J connectivity index is 2.10. The first-order valence-corrected chi connectivity index (χ1v) is 4.52. The van der Waals surface area contributed by atoms with Crippen molar-refractivity contribution < 1.29 is 0 Å². The molecule has 3 aliphatic heterocycles. The zero-order valence-corrected chi connectivity index (χ0v) is 7.08. The van der Waals surface area contributed by atoms with Gasteiger partial charge in [-0.1, -0.05) is 0 Å². The fourth-order valence-electron chi connectivity index (χ4n) is 2.38. The molecule has 0 aliphatic carbocycles. The Labute approximate surface area is 72.5 Å². The molecule has 3 nitrogen and oxygen atoms in total. The van der Waals surface area contributed by atoms with Crippen molar-refractivity contribution in [2.75, 3.05) is 19.6 Å². The highest BCUT2D eigenvalue weighted by atomic mass is 15.1. The first-order valence-electron chi connectivity index (χ1n) is 4.52. The normalized spacial score (nSPS) is 39.1. The summed E-state index contributed by atoms with van der Waals surface area (Å²) in [6, 6.07) is 1.98. The molecule has 0 amide bonds. The highest BCUT2D eigenvalue weighted by Gasteiger charge is 2.36. The van der Waals surface area contributed by atoms with Gasteiger partial charge in [0.1, 0.15) is 11.8 Å². The van der Waals surface area contributed by atoms with Gasteiger partial charge in [0.25, 0.3) is 0 Å². The lowest BCUT2D eigenvalue weighted by Crippen LogP contribution is -2.49. The Morgan fingerprint density at radius 1 is 1.42 bits per heavy atom. The lowest BCUT2D eigenvalue weighted by atomic mass is 9.77. The predicted octanol–water partition coefficient (Wildman–Crippen LogP) is 0.872.